The topological polar surface area (TPSA) is 78.1 Å². The Morgan fingerprint density at radius 3 is 2.95 bits per heavy atom. The number of rotatable bonds is 5. The molecule has 0 bridgehead atoms. The quantitative estimate of drug-likeness (QED) is 0.676. The van der Waals surface area contributed by atoms with Crippen molar-refractivity contribution in [3.63, 3.8) is 0 Å². The molecule has 0 amide bonds. The summed E-state index contributed by atoms with van der Waals surface area (Å²) < 4.78 is 17.9. The lowest BCUT2D eigenvalue weighted by molar-refractivity contribution is 0.0526. The third-order valence-corrected chi connectivity index (χ3v) is 3.52. The van der Waals surface area contributed by atoms with E-state index in [2.05, 4.69) is 9.97 Å². The second-order valence-corrected chi connectivity index (χ2v) is 5.10. The summed E-state index contributed by atoms with van der Waals surface area (Å²) in [5.74, 6) is 0.141. The Hall–Kier alpha value is -2.15. The molecular formula is C14H14FN3O2S. The number of benzene rings is 1. The van der Waals surface area contributed by atoms with Crippen LogP contribution in [0.1, 0.15) is 23.1 Å². The Kier molecular flexibility index (Phi) is 5.10. The van der Waals surface area contributed by atoms with E-state index >= 15 is 0 Å². The van der Waals surface area contributed by atoms with Gasteiger partial charge in [-0.3, -0.25) is 0 Å². The lowest BCUT2D eigenvalue weighted by Gasteiger charge is -2.06. The molecule has 1 aromatic heterocycles. The molecule has 7 heteroatoms. The van der Waals surface area contributed by atoms with Crippen LogP contribution in [0.2, 0.25) is 0 Å². The maximum atomic E-state index is 13.1. The summed E-state index contributed by atoms with van der Waals surface area (Å²) in [6.07, 6.45) is 1.35. The van der Waals surface area contributed by atoms with E-state index in [0.717, 1.165) is 4.90 Å². The number of halogens is 1. The van der Waals surface area contributed by atoms with Gasteiger partial charge in [0.05, 0.1) is 12.4 Å². The molecule has 0 aliphatic rings. The summed E-state index contributed by atoms with van der Waals surface area (Å²) in [6.45, 7) is 1.97. The number of hydrogen-bond donors (Lipinski definition) is 1. The normalized spacial score (nSPS) is 10.4. The van der Waals surface area contributed by atoms with Crippen molar-refractivity contribution in [3.05, 3.63) is 47.7 Å². The summed E-state index contributed by atoms with van der Waals surface area (Å²) in [7, 11) is 0. The van der Waals surface area contributed by atoms with Crippen molar-refractivity contribution in [2.24, 2.45) is 0 Å². The molecule has 0 unspecified atom stereocenters. The predicted octanol–water partition coefficient (Wildman–Crippen LogP) is 2.67. The second-order valence-electron chi connectivity index (χ2n) is 4.05. The minimum atomic E-state index is -0.542. The molecule has 0 aliphatic carbocycles. The zero-order valence-corrected chi connectivity index (χ0v) is 12.2. The van der Waals surface area contributed by atoms with Gasteiger partial charge < -0.3 is 10.5 Å². The van der Waals surface area contributed by atoms with E-state index in [1.807, 2.05) is 0 Å². The van der Waals surface area contributed by atoms with E-state index in [9.17, 15) is 9.18 Å². The van der Waals surface area contributed by atoms with Crippen molar-refractivity contribution in [1.82, 2.24) is 9.97 Å². The average molecular weight is 307 g/mol. The van der Waals surface area contributed by atoms with Crippen LogP contribution < -0.4 is 5.73 Å². The first-order valence-corrected chi connectivity index (χ1v) is 7.25. The van der Waals surface area contributed by atoms with Crippen molar-refractivity contribution in [1.29, 1.82) is 0 Å². The summed E-state index contributed by atoms with van der Waals surface area (Å²) in [5, 5.41) is 0. The largest absolute Gasteiger partial charge is 0.462 e. The Bertz CT molecular complexity index is 652. The molecule has 0 atom stereocenters. The lowest BCUT2D eigenvalue weighted by atomic mass is 10.3. The summed E-state index contributed by atoms with van der Waals surface area (Å²) >= 11 is 1.38. The summed E-state index contributed by atoms with van der Waals surface area (Å²) in [5.41, 5.74) is 5.87. The third kappa shape index (κ3) is 4.16. The van der Waals surface area contributed by atoms with Gasteiger partial charge >= 0.3 is 5.97 Å². The summed E-state index contributed by atoms with van der Waals surface area (Å²) in [4.78, 5) is 20.5. The fraction of sp³-hybridized carbons (Fsp3) is 0.214. The molecular weight excluding hydrogens is 293 g/mol. The van der Waals surface area contributed by atoms with Crippen molar-refractivity contribution in [2.75, 3.05) is 12.3 Å². The van der Waals surface area contributed by atoms with Crippen molar-refractivity contribution >= 4 is 23.5 Å². The molecule has 1 aromatic carbocycles. The van der Waals surface area contributed by atoms with Crippen LogP contribution in [0.15, 0.2) is 35.4 Å². The van der Waals surface area contributed by atoms with Crippen molar-refractivity contribution < 1.29 is 13.9 Å². The van der Waals surface area contributed by atoms with Crippen LogP contribution in [0.25, 0.3) is 0 Å². The number of hydrogen-bond acceptors (Lipinski definition) is 6. The average Bonchev–Trinajstić information content (AvgIpc) is 2.45. The molecule has 0 spiro atoms. The third-order valence-electron chi connectivity index (χ3n) is 2.53. The van der Waals surface area contributed by atoms with Crippen molar-refractivity contribution in [3.8, 4) is 0 Å². The van der Waals surface area contributed by atoms with E-state index in [1.165, 1.54) is 30.1 Å². The van der Waals surface area contributed by atoms with Crippen LogP contribution in [0.5, 0.6) is 0 Å². The Labute approximate surface area is 125 Å². The molecule has 1 heterocycles. The fourth-order valence-electron chi connectivity index (χ4n) is 1.57. The molecule has 110 valence electrons. The van der Waals surface area contributed by atoms with Gasteiger partial charge in [-0.1, -0.05) is 6.07 Å². The highest BCUT2D eigenvalue weighted by molar-refractivity contribution is 7.98. The number of nitrogens with two attached hydrogens (primary N) is 1. The smallest absolute Gasteiger partial charge is 0.343 e. The molecule has 0 saturated carbocycles. The highest BCUT2D eigenvalue weighted by Gasteiger charge is 2.13. The van der Waals surface area contributed by atoms with E-state index in [4.69, 9.17) is 10.5 Å². The molecule has 0 fully saturated rings. The van der Waals surface area contributed by atoms with E-state index in [0.29, 0.717) is 11.6 Å². The van der Waals surface area contributed by atoms with Crippen LogP contribution in [0.4, 0.5) is 10.2 Å². The van der Waals surface area contributed by atoms with Gasteiger partial charge in [-0.25, -0.2) is 19.2 Å². The number of esters is 1. The number of nitrogen functional groups attached to an aromatic ring is 1. The molecule has 0 radical (unpaired) electrons. The molecule has 0 saturated heterocycles. The number of anilines is 1. The molecule has 0 aliphatic heterocycles. The van der Waals surface area contributed by atoms with Gasteiger partial charge in [0.1, 0.15) is 23.0 Å². The van der Waals surface area contributed by atoms with Gasteiger partial charge in [0.2, 0.25) is 0 Å². The number of thioether (sulfide) groups is 1. The Morgan fingerprint density at radius 2 is 2.29 bits per heavy atom. The van der Waals surface area contributed by atoms with E-state index in [1.54, 1.807) is 19.1 Å². The van der Waals surface area contributed by atoms with Gasteiger partial charge in [0, 0.05) is 11.1 Å². The first kappa shape index (κ1) is 15.2. The van der Waals surface area contributed by atoms with Crippen LogP contribution in [0, 0.1) is 5.82 Å². The molecule has 2 N–H and O–H groups in total. The maximum absolute atomic E-state index is 13.1. The molecule has 2 aromatic rings. The highest BCUT2D eigenvalue weighted by atomic mass is 32.2. The zero-order valence-electron chi connectivity index (χ0n) is 11.4. The van der Waals surface area contributed by atoms with Crippen molar-refractivity contribution in [2.45, 2.75) is 17.6 Å². The predicted molar refractivity (Wildman–Crippen MR) is 78.4 cm³/mol. The van der Waals surface area contributed by atoms with Gasteiger partial charge in [-0.15, -0.1) is 11.8 Å². The van der Waals surface area contributed by atoms with Gasteiger partial charge in [-0.05, 0) is 25.1 Å². The standard InChI is InChI=1S/C14H14FN3O2S/c1-2-20-14(19)11-7-17-12(18-13(11)16)8-21-10-5-3-4-9(15)6-10/h3-7H,2,8H2,1H3,(H2,16,17,18). The number of carbonyl (C=O) groups excluding carboxylic acids is 1. The Morgan fingerprint density at radius 1 is 1.48 bits per heavy atom. The minimum absolute atomic E-state index is 0.0818. The monoisotopic (exact) mass is 307 g/mol. The fourth-order valence-corrected chi connectivity index (χ4v) is 2.38. The SMILES string of the molecule is CCOC(=O)c1cnc(CSc2cccc(F)c2)nc1N. The van der Waals surface area contributed by atoms with Gasteiger partial charge in [-0.2, -0.15) is 0 Å². The van der Waals surface area contributed by atoms with Crippen LogP contribution >= 0.6 is 11.8 Å². The summed E-state index contributed by atoms with van der Waals surface area (Å²) in [6, 6.07) is 6.24. The number of carbonyl (C=O) groups is 1. The minimum Gasteiger partial charge on any atom is -0.462 e. The van der Waals surface area contributed by atoms with Gasteiger partial charge in [0.25, 0.3) is 0 Å². The van der Waals surface area contributed by atoms with Crippen LogP contribution in [-0.2, 0) is 10.5 Å². The Balaban J connectivity index is 2.05. The maximum Gasteiger partial charge on any atom is 0.343 e. The second kappa shape index (κ2) is 7.03. The lowest BCUT2D eigenvalue weighted by Crippen LogP contribution is -2.11. The first-order chi connectivity index (χ1) is 10.1. The van der Waals surface area contributed by atoms with Crippen LogP contribution in [-0.4, -0.2) is 22.5 Å². The molecule has 2 rings (SSSR count). The van der Waals surface area contributed by atoms with E-state index < -0.39 is 5.97 Å². The number of ether oxygens (including phenoxy) is 1. The molecule has 21 heavy (non-hydrogen) atoms. The van der Waals surface area contributed by atoms with Gasteiger partial charge in [0.15, 0.2) is 0 Å². The van der Waals surface area contributed by atoms with Crippen LogP contribution in [0.3, 0.4) is 0 Å². The van der Waals surface area contributed by atoms with E-state index in [-0.39, 0.29) is 23.8 Å². The molecule has 5 nitrogen and oxygen atoms in total. The zero-order chi connectivity index (χ0) is 15.2. The highest BCUT2D eigenvalue weighted by Crippen LogP contribution is 2.22. The first-order valence-electron chi connectivity index (χ1n) is 6.27. The number of aromatic nitrogens is 2. The number of nitrogens with zero attached hydrogens (tertiary/aromatic N) is 2.